The van der Waals surface area contributed by atoms with Crippen LogP contribution >= 0.6 is 0 Å². The van der Waals surface area contributed by atoms with Crippen LogP contribution in [0.15, 0.2) is 54.6 Å². The molecule has 8 nitrogen and oxygen atoms in total. The first-order valence-electron chi connectivity index (χ1n) is 13.7. The van der Waals surface area contributed by atoms with Gasteiger partial charge in [-0.15, -0.1) is 0 Å². The molecule has 0 atom stereocenters. The third-order valence-corrected chi connectivity index (χ3v) is 7.63. The van der Waals surface area contributed by atoms with Crippen LogP contribution < -0.4 is 19.9 Å². The summed E-state index contributed by atoms with van der Waals surface area (Å²) in [6.45, 7) is 1.35. The van der Waals surface area contributed by atoms with Crippen LogP contribution in [0.3, 0.4) is 0 Å². The molecule has 3 aromatic carbocycles. The lowest BCUT2D eigenvalue weighted by atomic mass is 9.77. The minimum Gasteiger partial charge on any atom is -0.456 e. The van der Waals surface area contributed by atoms with Crippen molar-refractivity contribution in [3.63, 3.8) is 0 Å². The van der Waals surface area contributed by atoms with Crippen molar-refractivity contribution < 1.29 is 23.8 Å². The SMILES string of the molecule is COCCCCCCNC(=O)c1ccc2c(c1)C1(OC2=O)c2ccc(N(C)C)cc2Oc2cc(N(C)C)ccc21. The molecule has 1 spiro atoms. The Balaban J connectivity index is 1.54. The number of nitrogens with one attached hydrogen (secondary N) is 1. The zero-order valence-electron chi connectivity index (χ0n) is 23.9. The Labute approximate surface area is 235 Å². The fourth-order valence-electron chi connectivity index (χ4n) is 5.43. The average Bonchev–Trinajstić information content (AvgIpc) is 3.23. The minimum absolute atomic E-state index is 0.174. The van der Waals surface area contributed by atoms with Crippen molar-refractivity contribution in [2.45, 2.75) is 31.3 Å². The molecule has 0 saturated carbocycles. The average molecular weight is 544 g/mol. The normalized spacial score (nSPS) is 14.1. The zero-order chi connectivity index (χ0) is 28.4. The van der Waals surface area contributed by atoms with Crippen LogP contribution in [0.5, 0.6) is 11.5 Å². The van der Waals surface area contributed by atoms with Gasteiger partial charge in [0.2, 0.25) is 0 Å². The first-order valence-corrected chi connectivity index (χ1v) is 13.7. The van der Waals surface area contributed by atoms with Gasteiger partial charge in [0.1, 0.15) is 11.5 Å². The van der Waals surface area contributed by atoms with Crippen LogP contribution in [0.4, 0.5) is 11.4 Å². The molecule has 0 saturated heterocycles. The highest BCUT2D eigenvalue weighted by Gasteiger charge is 2.53. The number of hydrogen-bond donors (Lipinski definition) is 1. The van der Waals surface area contributed by atoms with Gasteiger partial charge >= 0.3 is 5.97 Å². The zero-order valence-corrected chi connectivity index (χ0v) is 23.9. The maximum atomic E-state index is 13.3. The number of benzene rings is 3. The van der Waals surface area contributed by atoms with Crippen molar-refractivity contribution in [2.75, 3.05) is 58.3 Å². The highest BCUT2D eigenvalue weighted by molar-refractivity contribution is 6.00. The molecule has 1 amide bonds. The number of methoxy groups -OCH3 is 1. The first-order chi connectivity index (χ1) is 19.3. The Morgan fingerprint density at radius 1 is 0.825 bits per heavy atom. The van der Waals surface area contributed by atoms with Crippen molar-refractivity contribution in [3.8, 4) is 11.5 Å². The number of esters is 1. The third kappa shape index (κ3) is 4.88. The van der Waals surface area contributed by atoms with Gasteiger partial charge in [0.05, 0.1) is 5.56 Å². The number of hydrogen-bond acceptors (Lipinski definition) is 7. The monoisotopic (exact) mass is 543 g/mol. The van der Waals surface area contributed by atoms with Gasteiger partial charge in [-0.1, -0.05) is 12.8 Å². The number of amides is 1. The van der Waals surface area contributed by atoms with Crippen LogP contribution in [-0.4, -0.2) is 60.3 Å². The second-order valence-electron chi connectivity index (χ2n) is 10.7. The Morgan fingerprint density at radius 2 is 1.45 bits per heavy atom. The number of carbonyl (C=O) groups is 2. The molecule has 0 fully saturated rings. The first kappa shape index (κ1) is 27.5. The smallest absolute Gasteiger partial charge is 0.340 e. The molecule has 0 bridgehead atoms. The number of rotatable bonds is 10. The molecule has 2 aliphatic rings. The van der Waals surface area contributed by atoms with E-state index >= 15 is 0 Å². The second kappa shape index (κ2) is 11.2. The van der Waals surface area contributed by atoms with E-state index in [9.17, 15) is 9.59 Å². The summed E-state index contributed by atoms with van der Waals surface area (Å²) in [7, 11) is 9.57. The van der Waals surface area contributed by atoms with Gasteiger partial charge in [-0.2, -0.15) is 0 Å². The highest BCUT2D eigenvalue weighted by Crippen LogP contribution is 2.57. The number of unbranched alkanes of at least 4 members (excludes halogenated alkanes) is 3. The predicted molar refractivity (Wildman–Crippen MR) is 156 cm³/mol. The Hall–Kier alpha value is -4.04. The van der Waals surface area contributed by atoms with Crippen molar-refractivity contribution >= 4 is 23.3 Å². The van der Waals surface area contributed by atoms with E-state index in [2.05, 4.69) is 5.32 Å². The summed E-state index contributed by atoms with van der Waals surface area (Å²) >= 11 is 0. The fraction of sp³-hybridized carbons (Fsp3) is 0.375. The van der Waals surface area contributed by atoms with E-state index in [0.717, 1.165) is 54.8 Å². The van der Waals surface area contributed by atoms with Gasteiger partial charge in [0.25, 0.3) is 5.91 Å². The summed E-state index contributed by atoms with van der Waals surface area (Å²) in [4.78, 5) is 30.5. The van der Waals surface area contributed by atoms with E-state index in [0.29, 0.717) is 34.7 Å². The lowest BCUT2D eigenvalue weighted by molar-refractivity contribution is 0.0224. The summed E-state index contributed by atoms with van der Waals surface area (Å²) in [6.07, 6.45) is 4.00. The molecule has 0 unspecified atom stereocenters. The molecule has 5 rings (SSSR count). The predicted octanol–water partition coefficient (Wildman–Crippen LogP) is 5.32. The van der Waals surface area contributed by atoms with Gasteiger partial charge in [0.15, 0.2) is 5.60 Å². The molecule has 2 heterocycles. The summed E-state index contributed by atoms with van der Waals surface area (Å²) in [5.74, 6) is 0.620. The van der Waals surface area contributed by atoms with E-state index in [1.54, 1.807) is 25.3 Å². The molecule has 3 aromatic rings. The fourth-order valence-corrected chi connectivity index (χ4v) is 5.43. The number of carbonyl (C=O) groups excluding carboxylic acids is 2. The number of nitrogens with zero attached hydrogens (tertiary/aromatic N) is 2. The van der Waals surface area contributed by atoms with Crippen LogP contribution in [0.1, 0.15) is 63.1 Å². The van der Waals surface area contributed by atoms with Crippen LogP contribution in [0.25, 0.3) is 0 Å². The molecule has 2 aliphatic heterocycles. The molecule has 210 valence electrons. The Morgan fingerprint density at radius 3 is 2.05 bits per heavy atom. The molecular formula is C32H37N3O5. The third-order valence-electron chi connectivity index (χ3n) is 7.63. The molecule has 0 radical (unpaired) electrons. The lowest BCUT2D eigenvalue weighted by Gasteiger charge is -2.37. The van der Waals surface area contributed by atoms with Crippen molar-refractivity contribution in [1.29, 1.82) is 0 Å². The molecule has 0 aromatic heterocycles. The molecule has 40 heavy (non-hydrogen) atoms. The molecule has 1 N–H and O–H groups in total. The lowest BCUT2D eigenvalue weighted by Crippen LogP contribution is -2.33. The van der Waals surface area contributed by atoms with Crippen molar-refractivity contribution in [2.24, 2.45) is 0 Å². The standard InChI is InChI=1S/C32H37N3O5/c1-34(2)22-11-14-25-28(19-22)39-29-20-23(35(3)4)12-15-26(29)32(25)27-18-21(10-13-24(27)31(37)40-32)30(36)33-16-8-6-7-9-17-38-5/h10-15,18-20H,6-9,16-17H2,1-5H3,(H,33,36). The molecule has 0 aliphatic carbocycles. The highest BCUT2D eigenvalue weighted by atomic mass is 16.6. The number of ether oxygens (including phenoxy) is 3. The Kier molecular flexibility index (Phi) is 7.72. The maximum absolute atomic E-state index is 13.3. The molecular weight excluding hydrogens is 506 g/mol. The summed E-state index contributed by atoms with van der Waals surface area (Å²) in [5.41, 5.74) is 3.71. The summed E-state index contributed by atoms with van der Waals surface area (Å²) in [6, 6.07) is 17.0. The van der Waals surface area contributed by atoms with Crippen LogP contribution in [-0.2, 0) is 15.1 Å². The minimum atomic E-state index is -1.23. The van der Waals surface area contributed by atoms with E-state index in [1.165, 1.54) is 0 Å². The van der Waals surface area contributed by atoms with Crippen molar-refractivity contribution in [1.82, 2.24) is 5.32 Å². The number of anilines is 2. The molecule has 8 heteroatoms. The van der Waals surface area contributed by atoms with E-state index < -0.39 is 11.6 Å². The Bertz CT molecular complexity index is 1370. The van der Waals surface area contributed by atoms with Crippen LogP contribution in [0.2, 0.25) is 0 Å². The van der Waals surface area contributed by atoms with Gasteiger partial charge in [-0.05, 0) is 55.3 Å². The van der Waals surface area contributed by atoms with E-state index in [-0.39, 0.29) is 5.91 Å². The maximum Gasteiger partial charge on any atom is 0.340 e. The van der Waals surface area contributed by atoms with Crippen LogP contribution in [0, 0.1) is 0 Å². The van der Waals surface area contributed by atoms with E-state index in [1.807, 2.05) is 74.4 Å². The largest absolute Gasteiger partial charge is 0.456 e. The topological polar surface area (TPSA) is 80.3 Å². The second-order valence-corrected chi connectivity index (χ2v) is 10.7. The van der Waals surface area contributed by atoms with E-state index in [4.69, 9.17) is 14.2 Å². The quantitative estimate of drug-likeness (QED) is 0.274. The summed E-state index contributed by atoms with van der Waals surface area (Å²) in [5, 5.41) is 3.03. The van der Waals surface area contributed by atoms with Gasteiger partial charge < -0.3 is 29.3 Å². The van der Waals surface area contributed by atoms with Gasteiger partial charge in [-0.3, -0.25) is 4.79 Å². The van der Waals surface area contributed by atoms with Gasteiger partial charge in [-0.25, -0.2) is 4.79 Å². The van der Waals surface area contributed by atoms with Crippen molar-refractivity contribution in [3.05, 3.63) is 82.4 Å². The number of fused-ring (bicyclic) bond motifs is 6. The summed E-state index contributed by atoms with van der Waals surface area (Å²) < 4.78 is 17.8. The van der Waals surface area contributed by atoms with Gasteiger partial charge in [0, 0.05) is 94.2 Å².